The lowest BCUT2D eigenvalue weighted by atomic mass is 10.1. The highest BCUT2D eigenvalue weighted by Crippen LogP contribution is 2.19. The van der Waals surface area contributed by atoms with Crippen LogP contribution >= 0.6 is 0 Å². The zero-order chi connectivity index (χ0) is 10.0. The lowest BCUT2D eigenvalue weighted by Crippen LogP contribution is -2.39. The Kier molecular flexibility index (Phi) is 1.98. The SMILES string of the molecule is O=C(c1ccc[nH]1)C1(O)C=CC=CO1. The third-order valence-corrected chi connectivity index (χ3v) is 1.93. The van der Waals surface area contributed by atoms with Crippen molar-refractivity contribution in [2.45, 2.75) is 5.79 Å². The summed E-state index contributed by atoms with van der Waals surface area (Å²) in [5.74, 6) is -2.39. The monoisotopic (exact) mass is 191 g/mol. The molecule has 2 heterocycles. The van der Waals surface area contributed by atoms with E-state index < -0.39 is 11.6 Å². The second-order valence-corrected chi connectivity index (χ2v) is 2.91. The number of carbonyl (C=O) groups is 1. The van der Waals surface area contributed by atoms with E-state index in [9.17, 15) is 9.90 Å². The van der Waals surface area contributed by atoms with Gasteiger partial charge in [0.15, 0.2) is 0 Å². The van der Waals surface area contributed by atoms with Gasteiger partial charge in [-0.25, -0.2) is 0 Å². The molecule has 1 aromatic rings. The topological polar surface area (TPSA) is 62.3 Å². The molecule has 0 saturated carbocycles. The summed E-state index contributed by atoms with van der Waals surface area (Å²) < 4.78 is 4.87. The largest absolute Gasteiger partial charge is 0.459 e. The number of allylic oxidation sites excluding steroid dienone is 2. The maximum absolute atomic E-state index is 11.7. The van der Waals surface area contributed by atoms with E-state index in [1.807, 2.05) is 0 Å². The summed E-state index contributed by atoms with van der Waals surface area (Å²) >= 11 is 0. The molecule has 2 N–H and O–H groups in total. The first-order valence-corrected chi connectivity index (χ1v) is 4.15. The number of ketones is 1. The number of hydrogen-bond acceptors (Lipinski definition) is 3. The van der Waals surface area contributed by atoms with Crippen molar-refractivity contribution in [3.05, 3.63) is 48.5 Å². The Labute approximate surface area is 80.5 Å². The van der Waals surface area contributed by atoms with Gasteiger partial charge in [-0.3, -0.25) is 4.79 Å². The third kappa shape index (κ3) is 1.36. The van der Waals surface area contributed by atoms with Gasteiger partial charge in [-0.1, -0.05) is 6.08 Å². The van der Waals surface area contributed by atoms with Gasteiger partial charge in [-0.15, -0.1) is 0 Å². The molecule has 0 aromatic carbocycles. The standard InChI is InChI=1S/C10H9NO3/c12-9(8-4-3-6-11-8)10(13)5-1-2-7-14-10/h1-7,11,13H. The Morgan fingerprint density at radius 1 is 1.50 bits per heavy atom. The summed E-state index contributed by atoms with van der Waals surface area (Å²) in [6, 6.07) is 3.26. The minimum Gasteiger partial charge on any atom is -0.459 e. The van der Waals surface area contributed by atoms with Crippen LogP contribution in [0.3, 0.4) is 0 Å². The van der Waals surface area contributed by atoms with E-state index >= 15 is 0 Å². The van der Waals surface area contributed by atoms with Gasteiger partial charge < -0.3 is 14.8 Å². The van der Waals surface area contributed by atoms with Crippen LogP contribution in [0, 0.1) is 0 Å². The lowest BCUT2D eigenvalue weighted by molar-refractivity contribution is -0.0930. The Bertz CT molecular complexity index is 392. The number of H-pyrrole nitrogens is 1. The van der Waals surface area contributed by atoms with Crippen molar-refractivity contribution in [1.82, 2.24) is 4.98 Å². The first-order chi connectivity index (χ1) is 6.72. The Morgan fingerprint density at radius 3 is 2.93 bits per heavy atom. The molecular weight excluding hydrogens is 182 g/mol. The fourth-order valence-corrected chi connectivity index (χ4v) is 1.21. The lowest BCUT2D eigenvalue weighted by Gasteiger charge is -2.23. The minimum atomic E-state index is -1.88. The summed E-state index contributed by atoms with van der Waals surface area (Å²) in [4.78, 5) is 14.4. The molecule has 14 heavy (non-hydrogen) atoms. The van der Waals surface area contributed by atoms with Crippen molar-refractivity contribution in [2.75, 3.05) is 0 Å². The highest BCUT2D eigenvalue weighted by Gasteiger charge is 2.36. The van der Waals surface area contributed by atoms with Crippen LogP contribution < -0.4 is 0 Å². The highest BCUT2D eigenvalue weighted by molar-refractivity contribution is 6.01. The van der Waals surface area contributed by atoms with Crippen LogP contribution in [0.2, 0.25) is 0 Å². The maximum Gasteiger partial charge on any atom is 0.294 e. The number of aromatic nitrogens is 1. The molecule has 0 saturated heterocycles. The van der Waals surface area contributed by atoms with Crippen LogP contribution in [-0.4, -0.2) is 21.7 Å². The number of carbonyl (C=O) groups excluding carboxylic acids is 1. The normalized spacial score (nSPS) is 24.6. The molecule has 1 atom stereocenters. The van der Waals surface area contributed by atoms with Crippen molar-refractivity contribution in [2.24, 2.45) is 0 Å². The van der Waals surface area contributed by atoms with Crippen molar-refractivity contribution >= 4 is 5.78 Å². The number of aromatic amines is 1. The molecule has 1 aromatic heterocycles. The Hall–Kier alpha value is -1.81. The molecule has 0 spiro atoms. The highest BCUT2D eigenvalue weighted by atomic mass is 16.6. The van der Waals surface area contributed by atoms with Crippen LogP contribution in [-0.2, 0) is 4.74 Å². The zero-order valence-electron chi connectivity index (χ0n) is 7.31. The van der Waals surface area contributed by atoms with Crippen LogP contribution in [0.15, 0.2) is 42.8 Å². The fraction of sp³-hybridized carbons (Fsp3) is 0.100. The van der Waals surface area contributed by atoms with Gasteiger partial charge in [0.25, 0.3) is 11.6 Å². The van der Waals surface area contributed by atoms with E-state index in [-0.39, 0.29) is 0 Å². The molecule has 72 valence electrons. The maximum atomic E-state index is 11.7. The predicted molar refractivity (Wildman–Crippen MR) is 49.4 cm³/mol. The van der Waals surface area contributed by atoms with E-state index in [2.05, 4.69) is 4.98 Å². The van der Waals surface area contributed by atoms with Gasteiger partial charge in [0.1, 0.15) is 0 Å². The number of Topliss-reactive ketones (excluding diaryl/α,β-unsaturated/α-hetero) is 1. The summed E-state index contributed by atoms with van der Waals surface area (Å²) in [6.07, 6.45) is 7.34. The van der Waals surface area contributed by atoms with Gasteiger partial charge in [-0.05, 0) is 24.3 Å². The van der Waals surface area contributed by atoms with Crippen LogP contribution in [0.1, 0.15) is 10.5 Å². The second kappa shape index (κ2) is 3.16. The molecule has 0 fully saturated rings. The smallest absolute Gasteiger partial charge is 0.294 e. The third-order valence-electron chi connectivity index (χ3n) is 1.93. The van der Waals surface area contributed by atoms with Crippen LogP contribution in [0.5, 0.6) is 0 Å². The summed E-state index contributed by atoms with van der Waals surface area (Å²) in [6.45, 7) is 0. The quantitative estimate of drug-likeness (QED) is 0.685. The molecule has 0 aliphatic carbocycles. The molecule has 1 unspecified atom stereocenters. The molecule has 0 amide bonds. The molecule has 2 rings (SSSR count). The van der Waals surface area contributed by atoms with E-state index in [0.29, 0.717) is 5.69 Å². The zero-order valence-corrected chi connectivity index (χ0v) is 7.31. The van der Waals surface area contributed by atoms with Gasteiger partial charge in [0.2, 0.25) is 0 Å². The molecule has 4 heteroatoms. The number of nitrogens with one attached hydrogen (secondary N) is 1. The fourth-order valence-electron chi connectivity index (χ4n) is 1.21. The minimum absolute atomic E-state index is 0.312. The number of aliphatic hydroxyl groups is 1. The van der Waals surface area contributed by atoms with Gasteiger partial charge >= 0.3 is 0 Å². The van der Waals surface area contributed by atoms with Crippen molar-refractivity contribution in [3.8, 4) is 0 Å². The van der Waals surface area contributed by atoms with E-state index in [1.165, 1.54) is 12.3 Å². The summed E-state index contributed by atoms with van der Waals surface area (Å²) in [5, 5.41) is 9.78. The Balaban J connectivity index is 2.27. The van der Waals surface area contributed by atoms with Gasteiger partial charge in [-0.2, -0.15) is 0 Å². The van der Waals surface area contributed by atoms with E-state index in [0.717, 1.165) is 0 Å². The Morgan fingerprint density at radius 2 is 2.36 bits per heavy atom. The van der Waals surface area contributed by atoms with Crippen molar-refractivity contribution in [1.29, 1.82) is 0 Å². The molecule has 1 aliphatic rings. The van der Waals surface area contributed by atoms with Gasteiger partial charge in [0, 0.05) is 6.20 Å². The van der Waals surface area contributed by atoms with E-state index in [4.69, 9.17) is 4.74 Å². The summed E-state index contributed by atoms with van der Waals surface area (Å²) in [5.41, 5.74) is 0.312. The van der Waals surface area contributed by atoms with Crippen molar-refractivity contribution in [3.63, 3.8) is 0 Å². The molecular formula is C10H9NO3. The second-order valence-electron chi connectivity index (χ2n) is 2.91. The molecule has 4 nitrogen and oxygen atoms in total. The number of hydrogen-bond donors (Lipinski definition) is 2. The summed E-state index contributed by atoms with van der Waals surface area (Å²) in [7, 11) is 0. The van der Waals surface area contributed by atoms with Crippen LogP contribution in [0.25, 0.3) is 0 Å². The number of ether oxygens (including phenoxy) is 1. The average molecular weight is 191 g/mol. The van der Waals surface area contributed by atoms with Crippen molar-refractivity contribution < 1.29 is 14.6 Å². The first-order valence-electron chi connectivity index (χ1n) is 4.15. The van der Waals surface area contributed by atoms with E-state index in [1.54, 1.807) is 30.5 Å². The molecule has 1 aliphatic heterocycles. The average Bonchev–Trinajstić information content (AvgIpc) is 2.70. The molecule has 0 radical (unpaired) electrons. The predicted octanol–water partition coefficient (Wildman–Crippen LogP) is 0.986. The number of rotatable bonds is 2. The van der Waals surface area contributed by atoms with Crippen LogP contribution in [0.4, 0.5) is 0 Å². The first kappa shape index (κ1) is 8.77. The van der Waals surface area contributed by atoms with Gasteiger partial charge in [0.05, 0.1) is 12.0 Å². The molecule has 0 bridgehead atoms.